The molecule has 0 bridgehead atoms. The lowest BCUT2D eigenvalue weighted by atomic mass is 9.98. The molecule has 2 atom stereocenters. The van der Waals surface area contributed by atoms with Gasteiger partial charge in [0.1, 0.15) is 24.7 Å². The molecule has 0 saturated carbocycles. The van der Waals surface area contributed by atoms with Gasteiger partial charge in [-0.3, -0.25) is 0 Å². The van der Waals surface area contributed by atoms with Gasteiger partial charge < -0.3 is 34.4 Å². The first-order valence-electron chi connectivity index (χ1n) is 12.6. The van der Waals surface area contributed by atoms with E-state index in [9.17, 15) is 4.79 Å². The van der Waals surface area contributed by atoms with Crippen molar-refractivity contribution in [3.05, 3.63) is 76.6 Å². The van der Waals surface area contributed by atoms with Gasteiger partial charge in [0.15, 0.2) is 17.1 Å². The first kappa shape index (κ1) is 29.1. The van der Waals surface area contributed by atoms with Gasteiger partial charge >= 0.3 is 5.97 Å². The SMILES string of the molecule is COc1cccc([C@H]2O[C@H](CCN=NN=C(N)COC(C)(C)C(=O)O)c3cccn3-c3ccc(Cl)cc32)c1OC. The van der Waals surface area contributed by atoms with Crippen LogP contribution in [-0.2, 0) is 14.3 Å². The summed E-state index contributed by atoms with van der Waals surface area (Å²) >= 11 is 6.45. The molecule has 212 valence electrons. The molecule has 0 spiro atoms. The highest BCUT2D eigenvalue weighted by molar-refractivity contribution is 6.30. The normalized spacial score (nSPS) is 17.3. The van der Waals surface area contributed by atoms with Crippen LogP contribution in [0, 0.1) is 0 Å². The Labute approximate surface area is 237 Å². The number of rotatable bonds is 11. The number of halogens is 1. The van der Waals surface area contributed by atoms with E-state index in [1.165, 1.54) is 13.8 Å². The summed E-state index contributed by atoms with van der Waals surface area (Å²) in [4.78, 5) is 11.2. The second kappa shape index (κ2) is 12.5. The van der Waals surface area contributed by atoms with Crippen molar-refractivity contribution in [2.24, 2.45) is 21.2 Å². The van der Waals surface area contributed by atoms with Crippen LogP contribution in [0.4, 0.5) is 0 Å². The van der Waals surface area contributed by atoms with Gasteiger partial charge in [-0.25, -0.2) is 4.79 Å². The van der Waals surface area contributed by atoms with Gasteiger partial charge in [0.2, 0.25) is 0 Å². The predicted molar refractivity (Wildman–Crippen MR) is 150 cm³/mol. The molecule has 2 heterocycles. The largest absolute Gasteiger partial charge is 0.493 e. The minimum atomic E-state index is -1.40. The number of fused-ring (bicyclic) bond motifs is 3. The number of benzene rings is 2. The Kier molecular flexibility index (Phi) is 9.08. The third-order valence-electron chi connectivity index (χ3n) is 6.48. The van der Waals surface area contributed by atoms with Crippen LogP contribution in [-0.4, -0.2) is 54.5 Å². The number of carbonyl (C=O) groups is 1. The molecule has 1 aliphatic heterocycles. The van der Waals surface area contributed by atoms with Gasteiger partial charge in [-0.2, -0.15) is 5.11 Å². The molecule has 0 fully saturated rings. The Bertz CT molecular complexity index is 1420. The number of ether oxygens (including phenoxy) is 4. The maximum absolute atomic E-state index is 11.2. The van der Waals surface area contributed by atoms with Crippen LogP contribution < -0.4 is 15.2 Å². The fourth-order valence-electron chi connectivity index (χ4n) is 4.37. The maximum Gasteiger partial charge on any atom is 0.335 e. The summed E-state index contributed by atoms with van der Waals surface area (Å²) in [7, 11) is 3.19. The highest BCUT2D eigenvalue weighted by Gasteiger charge is 2.33. The van der Waals surface area contributed by atoms with Crippen molar-refractivity contribution in [1.82, 2.24) is 4.57 Å². The van der Waals surface area contributed by atoms with Crippen molar-refractivity contribution < 1.29 is 28.8 Å². The molecular formula is C28H32ClN5O6. The predicted octanol–water partition coefficient (Wildman–Crippen LogP) is 5.30. The van der Waals surface area contributed by atoms with Gasteiger partial charge in [0, 0.05) is 28.8 Å². The van der Waals surface area contributed by atoms with Gasteiger partial charge in [0.25, 0.3) is 0 Å². The molecular weight excluding hydrogens is 538 g/mol. The third-order valence-corrected chi connectivity index (χ3v) is 6.72. The molecule has 2 aromatic carbocycles. The number of amidine groups is 1. The Morgan fingerprint density at radius 2 is 1.95 bits per heavy atom. The number of aromatic nitrogens is 1. The molecule has 12 heteroatoms. The summed E-state index contributed by atoms with van der Waals surface area (Å²) in [6, 6.07) is 15.4. The van der Waals surface area contributed by atoms with Crippen molar-refractivity contribution in [2.75, 3.05) is 27.4 Å². The number of carboxylic acids is 1. The molecule has 40 heavy (non-hydrogen) atoms. The second-order valence-electron chi connectivity index (χ2n) is 9.53. The summed E-state index contributed by atoms with van der Waals surface area (Å²) < 4.78 is 25.4. The van der Waals surface area contributed by atoms with Crippen LogP contribution in [0.25, 0.3) is 5.69 Å². The van der Waals surface area contributed by atoms with Crippen LogP contribution in [0.15, 0.2) is 70.2 Å². The number of nitrogens with zero attached hydrogens (tertiary/aromatic N) is 4. The van der Waals surface area contributed by atoms with Crippen LogP contribution in [0.2, 0.25) is 5.02 Å². The molecule has 11 nitrogen and oxygen atoms in total. The standard InChI is InChI=1S/C28H32ClN5O6/c1-28(2,27(35)36)39-16-24(30)32-33-31-13-12-22-21-8-6-14-34(21)20-11-10-17(29)15-19(20)25(40-22)18-7-5-9-23(37-3)26(18)38-4/h5-11,14-15,22,25H,12-13,16H2,1-4H3,(H,35,36)(H2,30,31,32)/t22-,25-/m1/s1. The quantitative estimate of drug-likeness (QED) is 0.138. The van der Waals surface area contributed by atoms with E-state index < -0.39 is 17.7 Å². The summed E-state index contributed by atoms with van der Waals surface area (Å²) in [5.41, 5.74) is 7.94. The van der Waals surface area contributed by atoms with Crippen LogP contribution in [0.3, 0.4) is 0 Å². The Hall–Kier alpha value is -3.93. The van der Waals surface area contributed by atoms with E-state index in [0.29, 0.717) is 22.9 Å². The fraction of sp³-hybridized carbons (Fsp3) is 0.357. The molecule has 3 N–H and O–H groups in total. The van der Waals surface area contributed by atoms with E-state index in [-0.39, 0.29) is 25.1 Å². The minimum absolute atomic E-state index is 0.00943. The summed E-state index contributed by atoms with van der Waals surface area (Å²) in [6.07, 6.45) is 1.57. The zero-order chi connectivity index (χ0) is 28.9. The summed E-state index contributed by atoms with van der Waals surface area (Å²) in [5.74, 6) is 0.0659. The maximum atomic E-state index is 11.2. The molecule has 0 saturated heterocycles. The first-order valence-corrected chi connectivity index (χ1v) is 12.9. The van der Waals surface area contributed by atoms with Gasteiger partial charge in [0.05, 0.1) is 32.1 Å². The minimum Gasteiger partial charge on any atom is -0.493 e. The molecule has 4 rings (SSSR count). The van der Waals surface area contributed by atoms with Crippen LogP contribution in [0.5, 0.6) is 11.5 Å². The molecule has 0 aliphatic carbocycles. The molecule has 1 aliphatic rings. The summed E-state index contributed by atoms with van der Waals surface area (Å²) in [6.45, 7) is 2.94. The van der Waals surface area contributed by atoms with Crippen molar-refractivity contribution in [1.29, 1.82) is 0 Å². The third kappa shape index (κ3) is 6.27. The molecule has 1 aromatic heterocycles. The van der Waals surface area contributed by atoms with Crippen molar-refractivity contribution in [2.45, 2.75) is 38.1 Å². The zero-order valence-electron chi connectivity index (χ0n) is 22.7. The number of hydrogen-bond donors (Lipinski definition) is 2. The zero-order valence-corrected chi connectivity index (χ0v) is 23.5. The monoisotopic (exact) mass is 569 g/mol. The first-order chi connectivity index (χ1) is 19.2. The van der Waals surface area contributed by atoms with Gasteiger partial charge in [-0.05, 0) is 55.5 Å². The van der Waals surface area contributed by atoms with E-state index in [1.54, 1.807) is 14.2 Å². The molecule has 0 amide bonds. The highest BCUT2D eigenvalue weighted by Crippen LogP contribution is 2.46. The topological polar surface area (TPSA) is 142 Å². The van der Waals surface area contributed by atoms with E-state index in [2.05, 4.69) is 20.0 Å². The average molecular weight is 570 g/mol. The molecule has 3 aromatic rings. The molecule has 0 unspecified atom stereocenters. The van der Waals surface area contributed by atoms with E-state index in [4.69, 9.17) is 41.4 Å². The van der Waals surface area contributed by atoms with E-state index in [1.807, 2.05) is 54.7 Å². The van der Waals surface area contributed by atoms with E-state index in [0.717, 1.165) is 22.5 Å². The fourth-order valence-corrected chi connectivity index (χ4v) is 4.55. The number of nitrogens with two attached hydrogens (primary N) is 1. The van der Waals surface area contributed by atoms with Crippen LogP contribution in [0.1, 0.15) is 49.3 Å². The average Bonchev–Trinajstić information content (AvgIpc) is 3.38. The second-order valence-corrected chi connectivity index (χ2v) is 9.97. The Balaban J connectivity index is 1.59. The lowest BCUT2D eigenvalue weighted by molar-refractivity contribution is -0.159. The number of carboxylic acid groups (broad SMARTS) is 1. The number of hydrogen-bond acceptors (Lipinski definition) is 7. The van der Waals surface area contributed by atoms with Crippen molar-refractivity contribution in [3.63, 3.8) is 0 Å². The number of methoxy groups -OCH3 is 2. The van der Waals surface area contributed by atoms with Crippen LogP contribution >= 0.6 is 11.6 Å². The lowest BCUT2D eigenvalue weighted by Crippen LogP contribution is -2.37. The van der Waals surface area contributed by atoms with Gasteiger partial charge in [-0.15, -0.1) is 5.10 Å². The van der Waals surface area contributed by atoms with E-state index >= 15 is 0 Å². The Morgan fingerprint density at radius 1 is 1.15 bits per heavy atom. The van der Waals surface area contributed by atoms with Crippen molar-refractivity contribution >= 4 is 23.4 Å². The smallest absolute Gasteiger partial charge is 0.335 e. The number of para-hydroxylation sites is 1. The molecule has 0 radical (unpaired) electrons. The Morgan fingerprint density at radius 3 is 2.67 bits per heavy atom. The highest BCUT2D eigenvalue weighted by atomic mass is 35.5. The summed E-state index contributed by atoms with van der Waals surface area (Å²) in [5, 5.41) is 21.4. The lowest BCUT2D eigenvalue weighted by Gasteiger charge is -2.25. The number of aliphatic carboxylic acids is 1. The van der Waals surface area contributed by atoms with Gasteiger partial charge in [-0.1, -0.05) is 23.7 Å². The van der Waals surface area contributed by atoms with Crippen molar-refractivity contribution in [3.8, 4) is 17.2 Å².